The minimum absolute atomic E-state index is 0.00734. The summed E-state index contributed by atoms with van der Waals surface area (Å²) in [6.45, 7) is 4.58. The third kappa shape index (κ3) is 3.78. The van der Waals surface area contributed by atoms with E-state index in [0.717, 1.165) is 32.4 Å². The van der Waals surface area contributed by atoms with Gasteiger partial charge in [0.15, 0.2) is 0 Å². The van der Waals surface area contributed by atoms with E-state index in [2.05, 4.69) is 5.32 Å². The van der Waals surface area contributed by atoms with Gasteiger partial charge in [0, 0.05) is 36.8 Å². The van der Waals surface area contributed by atoms with Crippen LogP contribution in [0.5, 0.6) is 0 Å². The maximum absolute atomic E-state index is 12.6. The van der Waals surface area contributed by atoms with E-state index in [9.17, 15) is 14.9 Å². The van der Waals surface area contributed by atoms with E-state index >= 15 is 0 Å². The number of piperidine rings is 1. The van der Waals surface area contributed by atoms with Crippen LogP contribution in [0.2, 0.25) is 0 Å². The first kappa shape index (κ1) is 15.4. The van der Waals surface area contributed by atoms with Gasteiger partial charge >= 0.3 is 0 Å². The van der Waals surface area contributed by atoms with Crippen molar-refractivity contribution in [2.45, 2.75) is 32.2 Å². The number of nitrogens with one attached hydrogen (secondary N) is 1. The van der Waals surface area contributed by atoms with Crippen molar-refractivity contribution in [3.63, 3.8) is 0 Å². The molecule has 1 aromatic carbocycles. The Morgan fingerprint density at radius 1 is 1.43 bits per heavy atom. The second-order valence-electron chi connectivity index (χ2n) is 5.30. The molecule has 6 nitrogen and oxygen atoms in total. The van der Waals surface area contributed by atoms with Gasteiger partial charge in [0.25, 0.3) is 11.6 Å². The Labute approximate surface area is 124 Å². The van der Waals surface area contributed by atoms with Gasteiger partial charge < -0.3 is 10.2 Å². The fourth-order valence-corrected chi connectivity index (χ4v) is 2.68. The highest BCUT2D eigenvalue weighted by atomic mass is 16.6. The molecule has 1 atom stereocenters. The Kier molecular flexibility index (Phi) is 5.27. The Morgan fingerprint density at radius 3 is 2.67 bits per heavy atom. The standard InChI is InChI=1S/C15H21N3O3/c1-2-10-17(14-4-3-9-16-11-14)15(19)12-5-7-13(8-6-12)18(20)21/h5-8,14,16H,2-4,9-11H2,1H3. The molecule has 0 aliphatic carbocycles. The molecule has 1 unspecified atom stereocenters. The van der Waals surface area contributed by atoms with Crippen LogP contribution < -0.4 is 5.32 Å². The lowest BCUT2D eigenvalue weighted by molar-refractivity contribution is -0.384. The van der Waals surface area contributed by atoms with E-state index < -0.39 is 4.92 Å². The quantitative estimate of drug-likeness (QED) is 0.666. The lowest BCUT2D eigenvalue weighted by Crippen LogP contribution is -2.49. The number of hydrogen-bond acceptors (Lipinski definition) is 4. The second kappa shape index (κ2) is 7.17. The van der Waals surface area contributed by atoms with Crippen LogP contribution in [0, 0.1) is 10.1 Å². The van der Waals surface area contributed by atoms with E-state index in [1.165, 1.54) is 12.1 Å². The average molecular weight is 291 g/mol. The van der Waals surface area contributed by atoms with Crippen LogP contribution in [0.25, 0.3) is 0 Å². The predicted molar refractivity (Wildman–Crippen MR) is 80.3 cm³/mol. The summed E-state index contributed by atoms with van der Waals surface area (Å²) in [5.74, 6) is -0.0413. The monoisotopic (exact) mass is 291 g/mol. The first-order chi connectivity index (χ1) is 10.1. The zero-order valence-electron chi connectivity index (χ0n) is 12.2. The number of hydrogen-bond donors (Lipinski definition) is 1. The topological polar surface area (TPSA) is 75.5 Å². The summed E-state index contributed by atoms with van der Waals surface area (Å²) in [6, 6.07) is 6.06. The van der Waals surface area contributed by atoms with Crippen molar-refractivity contribution in [2.24, 2.45) is 0 Å². The molecule has 0 bridgehead atoms. The SMILES string of the molecule is CCCN(C(=O)c1ccc([N+](=O)[O-])cc1)C1CCCNC1. The highest BCUT2D eigenvalue weighted by molar-refractivity contribution is 5.94. The maximum atomic E-state index is 12.6. The number of nitro groups is 1. The first-order valence-corrected chi connectivity index (χ1v) is 7.39. The third-order valence-electron chi connectivity index (χ3n) is 3.76. The Balaban J connectivity index is 2.14. The van der Waals surface area contributed by atoms with Gasteiger partial charge in [-0.2, -0.15) is 0 Å². The molecule has 2 rings (SSSR count). The van der Waals surface area contributed by atoms with E-state index in [0.29, 0.717) is 12.1 Å². The smallest absolute Gasteiger partial charge is 0.269 e. The van der Waals surface area contributed by atoms with Crippen molar-refractivity contribution in [1.29, 1.82) is 0 Å². The van der Waals surface area contributed by atoms with Crippen LogP contribution in [0.15, 0.2) is 24.3 Å². The number of benzene rings is 1. The largest absolute Gasteiger partial charge is 0.334 e. The summed E-state index contributed by atoms with van der Waals surface area (Å²) in [4.78, 5) is 24.8. The van der Waals surface area contributed by atoms with E-state index in [1.807, 2.05) is 11.8 Å². The first-order valence-electron chi connectivity index (χ1n) is 7.39. The highest BCUT2D eigenvalue weighted by Crippen LogP contribution is 2.17. The Morgan fingerprint density at radius 2 is 2.14 bits per heavy atom. The lowest BCUT2D eigenvalue weighted by Gasteiger charge is -2.34. The summed E-state index contributed by atoms with van der Waals surface area (Å²) < 4.78 is 0. The van der Waals surface area contributed by atoms with Gasteiger partial charge in [-0.3, -0.25) is 14.9 Å². The van der Waals surface area contributed by atoms with Crippen molar-refractivity contribution >= 4 is 11.6 Å². The third-order valence-corrected chi connectivity index (χ3v) is 3.76. The molecule has 1 aliphatic heterocycles. The molecule has 1 N–H and O–H groups in total. The summed E-state index contributed by atoms with van der Waals surface area (Å²) in [7, 11) is 0. The zero-order chi connectivity index (χ0) is 15.2. The average Bonchev–Trinajstić information content (AvgIpc) is 2.53. The van der Waals surface area contributed by atoms with Crippen LogP contribution in [0.1, 0.15) is 36.5 Å². The molecule has 21 heavy (non-hydrogen) atoms. The molecular weight excluding hydrogens is 270 g/mol. The van der Waals surface area contributed by atoms with Crippen LogP contribution in [-0.4, -0.2) is 41.4 Å². The summed E-state index contributed by atoms with van der Waals surface area (Å²) >= 11 is 0. The van der Waals surface area contributed by atoms with Gasteiger partial charge in [-0.25, -0.2) is 0 Å². The van der Waals surface area contributed by atoms with Crippen molar-refractivity contribution in [3.8, 4) is 0 Å². The van der Waals surface area contributed by atoms with Crippen molar-refractivity contribution in [2.75, 3.05) is 19.6 Å². The number of carbonyl (C=O) groups excluding carboxylic acids is 1. The molecule has 0 saturated carbocycles. The summed E-state index contributed by atoms with van der Waals surface area (Å²) in [5, 5.41) is 14.0. The fraction of sp³-hybridized carbons (Fsp3) is 0.533. The van der Waals surface area contributed by atoms with Crippen LogP contribution in [-0.2, 0) is 0 Å². The van der Waals surface area contributed by atoms with Gasteiger partial charge in [-0.15, -0.1) is 0 Å². The number of rotatable bonds is 5. The van der Waals surface area contributed by atoms with Crippen LogP contribution >= 0.6 is 0 Å². The van der Waals surface area contributed by atoms with Gasteiger partial charge in [0.1, 0.15) is 0 Å². The van der Waals surface area contributed by atoms with E-state index in [4.69, 9.17) is 0 Å². The van der Waals surface area contributed by atoms with E-state index in [1.54, 1.807) is 12.1 Å². The number of nitrogens with zero attached hydrogens (tertiary/aromatic N) is 2. The zero-order valence-corrected chi connectivity index (χ0v) is 12.2. The van der Waals surface area contributed by atoms with Crippen molar-refractivity contribution < 1.29 is 9.72 Å². The molecule has 1 aliphatic rings. The minimum atomic E-state index is -0.455. The van der Waals surface area contributed by atoms with Gasteiger partial charge in [-0.05, 0) is 37.9 Å². The summed E-state index contributed by atoms with van der Waals surface area (Å²) in [5.41, 5.74) is 0.521. The lowest BCUT2D eigenvalue weighted by atomic mass is 10.0. The van der Waals surface area contributed by atoms with Crippen molar-refractivity contribution in [3.05, 3.63) is 39.9 Å². The number of nitro benzene ring substituents is 1. The number of carbonyl (C=O) groups is 1. The summed E-state index contributed by atoms with van der Waals surface area (Å²) in [6.07, 6.45) is 2.97. The molecule has 1 saturated heterocycles. The number of amides is 1. The molecule has 1 amide bonds. The Bertz CT molecular complexity index is 495. The van der Waals surface area contributed by atoms with Crippen LogP contribution in [0.4, 0.5) is 5.69 Å². The molecule has 1 heterocycles. The minimum Gasteiger partial charge on any atom is -0.334 e. The predicted octanol–water partition coefficient (Wildman–Crippen LogP) is 2.20. The number of non-ortho nitro benzene ring substituents is 1. The molecule has 0 radical (unpaired) electrons. The molecular formula is C15H21N3O3. The maximum Gasteiger partial charge on any atom is 0.269 e. The van der Waals surface area contributed by atoms with E-state index in [-0.39, 0.29) is 17.6 Å². The fourth-order valence-electron chi connectivity index (χ4n) is 2.68. The van der Waals surface area contributed by atoms with Crippen molar-refractivity contribution in [1.82, 2.24) is 10.2 Å². The van der Waals surface area contributed by atoms with Gasteiger partial charge in [-0.1, -0.05) is 6.92 Å². The second-order valence-corrected chi connectivity index (χ2v) is 5.30. The molecule has 0 aromatic heterocycles. The molecule has 0 spiro atoms. The molecule has 114 valence electrons. The highest BCUT2D eigenvalue weighted by Gasteiger charge is 2.25. The van der Waals surface area contributed by atoms with Crippen LogP contribution in [0.3, 0.4) is 0 Å². The molecule has 1 fully saturated rings. The Hall–Kier alpha value is -1.95. The van der Waals surface area contributed by atoms with Gasteiger partial charge in [0.05, 0.1) is 4.92 Å². The molecule has 6 heteroatoms. The normalized spacial score (nSPS) is 18.2. The van der Waals surface area contributed by atoms with Gasteiger partial charge in [0.2, 0.25) is 0 Å². The molecule has 1 aromatic rings.